The first kappa shape index (κ1) is 22.4. The molecule has 1 aliphatic carbocycles. The molecule has 7 rings (SSSR count). The molecule has 4 N–H and O–H groups in total. The average molecular weight is 498 g/mol. The number of benzene rings is 2. The third-order valence-electron chi connectivity index (χ3n) is 8.91. The third-order valence-corrected chi connectivity index (χ3v) is 8.91. The fraction of sp³-hybridized carbons (Fsp3) is 0.357. The minimum Gasteiger partial charge on any atom is -0.355 e. The Labute approximate surface area is 213 Å². The number of piperidine rings is 1. The van der Waals surface area contributed by atoms with E-state index >= 15 is 0 Å². The van der Waals surface area contributed by atoms with Crippen molar-refractivity contribution in [1.82, 2.24) is 20.2 Å². The highest BCUT2D eigenvalue weighted by Gasteiger charge is 2.66. The van der Waals surface area contributed by atoms with Crippen LogP contribution in [0.5, 0.6) is 0 Å². The number of rotatable bonds is 4. The van der Waals surface area contributed by atoms with Crippen LogP contribution in [0.3, 0.4) is 0 Å². The zero-order valence-corrected chi connectivity index (χ0v) is 20.8. The van der Waals surface area contributed by atoms with Gasteiger partial charge in [0.25, 0.3) is 0 Å². The second kappa shape index (κ2) is 7.58. The van der Waals surface area contributed by atoms with E-state index in [0.717, 1.165) is 53.4 Å². The van der Waals surface area contributed by atoms with Gasteiger partial charge in [0, 0.05) is 36.3 Å². The normalized spacial score (nSPS) is 25.6. The molecule has 8 nitrogen and oxygen atoms in total. The predicted molar refractivity (Wildman–Crippen MR) is 140 cm³/mol. The maximum atomic E-state index is 14.7. The van der Waals surface area contributed by atoms with E-state index in [1.54, 1.807) is 12.3 Å². The first-order valence-corrected chi connectivity index (χ1v) is 12.7. The van der Waals surface area contributed by atoms with Crippen molar-refractivity contribution in [3.63, 3.8) is 0 Å². The van der Waals surface area contributed by atoms with E-state index in [4.69, 9.17) is 15.7 Å². The van der Waals surface area contributed by atoms with Gasteiger partial charge in [0.2, 0.25) is 11.6 Å². The predicted octanol–water partition coefficient (Wildman–Crippen LogP) is 3.74. The molecule has 2 fully saturated rings. The number of nitrogens with two attached hydrogens (primary N) is 1. The fourth-order valence-electron chi connectivity index (χ4n) is 6.70. The Bertz CT molecular complexity index is 1580. The summed E-state index contributed by atoms with van der Waals surface area (Å²) in [5.41, 5.74) is 10.8. The molecule has 1 saturated heterocycles. The van der Waals surface area contributed by atoms with Gasteiger partial charge in [-0.3, -0.25) is 9.89 Å². The highest BCUT2D eigenvalue weighted by molar-refractivity contribution is 6.06. The number of anilines is 2. The van der Waals surface area contributed by atoms with Gasteiger partial charge < -0.3 is 16.0 Å². The number of halogens is 1. The van der Waals surface area contributed by atoms with Crippen LogP contribution in [-0.2, 0) is 15.6 Å². The molecular weight excluding hydrogens is 469 g/mol. The van der Waals surface area contributed by atoms with Gasteiger partial charge in [-0.05, 0) is 61.4 Å². The van der Waals surface area contributed by atoms with E-state index in [1.807, 2.05) is 44.2 Å². The van der Waals surface area contributed by atoms with Crippen molar-refractivity contribution >= 4 is 28.6 Å². The number of aromatic nitrogens is 4. The maximum Gasteiger partial charge on any atom is 0.234 e. The summed E-state index contributed by atoms with van der Waals surface area (Å²) in [5.74, 6) is 1.24. The molecule has 0 unspecified atom stereocenters. The monoisotopic (exact) mass is 497 g/mol. The fourth-order valence-corrected chi connectivity index (χ4v) is 6.70. The van der Waals surface area contributed by atoms with Gasteiger partial charge in [-0.2, -0.15) is 5.10 Å². The molecule has 37 heavy (non-hydrogen) atoms. The minimum absolute atomic E-state index is 0.00774. The van der Waals surface area contributed by atoms with Crippen LogP contribution in [0, 0.1) is 17.7 Å². The molecule has 9 heteroatoms. The first-order valence-electron chi connectivity index (χ1n) is 12.7. The molecule has 2 aromatic heterocycles. The molecule has 0 radical (unpaired) electrons. The topological polar surface area (TPSA) is 113 Å². The lowest BCUT2D eigenvalue weighted by Crippen LogP contribution is -2.32. The van der Waals surface area contributed by atoms with E-state index in [-0.39, 0.29) is 23.1 Å². The number of aromatic amines is 1. The zero-order chi connectivity index (χ0) is 25.5. The van der Waals surface area contributed by atoms with Crippen LogP contribution in [0.15, 0.2) is 48.7 Å². The smallest absolute Gasteiger partial charge is 0.234 e. The van der Waals surface area contributed by atoms with Gasteiger partial charge in [-0.25, -0.2) is 14.4 Å². The van der Waals surface area contributed by atoms with Gasteiger partial charge in [-0.15, -0.1) is 0 Å². The van der Waals surface area contributed by atoms with Crippen LogP contribution in [0.25, 0.3) is 22.4 Å². The molecular formula is C28H28FN7O. The second-order valence-electron chi connectivity index (χ2n) is 11.0. The molecule has 4 aromatic rings. The molecule has 0 spiro atoms. The number of nitrogens with one attached hydrogen (secondary N) is 2. The number of hydrogen-bond acceptors (Lipinski definition) is 6. The standard InChI is InChI=1S/C28H28FN7O/c1-27(2)18-11-15(7-8-21(18)32-26(27)37)23-24-25(35-34-23)33-22(12-31-24)36-10-9-16-19(13-36)28(16,14-30)17-5-3-4-6-20(17)29/h3-8,11-12,16,19H,9-10,13-14,30H2,1-2H3,(H,32,37)(H,33,34,35)/t16-,19+,28-/m1/s1. The molecule has 1 amide bonds. The Kier molecular flexibility index (Phi) is 4.58. The highest BCUT2D eigenvalue weighted by atomic mass is 19.1. The lowest BCUT2D eigenvalue weighted by atomic mass is 9.85. The van der Waals surface area contributed by atoms with Crippen molar-refractivity contribution in [2.24, 2.45) is 17.6 Å². The van der Waals surface area contributed by atoms with E-state index < -0.39 is 5.41 Å². The largest absolute Gasteiger partial charge is 0.355 e. The molecule has 3 aliphatic rings. The minimum atomic E-state index is -0.601. The molecule has 3 atom stereocenters. The number of H-pyrrole nitrogens is 1. The Balaban J connectivity index is 1.18. The number of fused-ring (bicyclic) bond motifs is 3. The number of hydrogen-bond donors (Lipinski definition) is 3. The van der Waals surface area contributed by atoms with Crippen LogP contribution < -0.4 is 16.0 Å². The summed E-state index contributed by atoms with van der Waals surface area (Å²) in [5, 5.41) is 10.5. The van der Waals surface area contributed by atoms with Crippen molar-refractivity contribution in [2.75, 3.05) is 29.9 Å². The quantitative estimate of drug-likeness (QED) is 0.396. The van der Waals surface area contributed by atoms with E-state index in [0.29, 0.717) is 23.6 Å². The van der Waals surface area contributed by atoms with Crippen LogP contribution in [0.1, 0.15) is 31.4 Å². The SMILES string of the molecule is CC1(C)C(=O)Nc2ccc(-c3[nH]nc4nc(N5CC[C@@H]6[C@H](C5)[C@@]6(CN)c5ccccc5F)cnc34)cc21. The van der Waals surface area contributed by atoms with Gasteiger partial charge in [0.05, 0.1) is 17.3 Å². The first-order chi connectivity index (χ1) is 17.8. The van der Waals surface area contributed by atoms with Crippen molar-refractivity contribution in [1.29, 1.82) is 0 Å². The molecule has 188 valence electrons. The molecule has 2 aromatic carbocycles. The molecule has 0 bridgehead atoms. The van der Waals surface area contributed by atoms with Crippen LogP contribution in [0.4, 0.5) is 15.9 Å². The van der Waals surface area contributed by atoms with Gasteiger partial charge in [0.15, 0.2) is 0 Å². The van der Waals surface area contributed by atoms with Crippen LogP contribution >= 0.6 is 0 Å². The summed E-state index contributed by atoms with van der Waals surface area (Å²) in [4.78, 5) is 24.1. The number of carbonyl (C=O) groups excluding carboxylic acids is 1. The molecule has 1 saturated carbocycles. The Morgan fingerprint density at radius 3 is 2.81 bits per heavy atom. The lowest BCUT2D eigenvalue weighted by Gasteiger charge is -2.26. The lowest BCUT2D eigenvalue weighted by molar-refractivity contribution is -0.119. The third kappa shape index (κ3) is 3.03. The molecule has 4 heterocycles. The molecule has 2 aliphatic heterocycles. The Hall–Kier alpha value is -3.85. The van der Waals surface area contributed by atoms with Crippen molar-refractivity contribution < 1.29 is 9.18 Å². The van der Waals surface area contributed by atoms with Crippen LogP contribution in [-0.4, -0.2) is 45.7 Å². The summed E-state index contributed by atoms with van der Waals surface area (Å²) in [6.07, 6.45) is 2.72. The van der Waals surface area contributed by atoms with Gasteiger partial charge in [-0.1, -0.05) is 24.3 Å². The summed E-state index contributed by atoms with van der Waals surface area (Å²) in [6.45, 7) is 5.85. The van der Waals surface area contributed by atoms with E-state index in [2.05, 4.69) is 20.4 Å². The number of nitrogens with zero attached hydrogens (tertiary/aromatic N) is 4. The summed E-state index contributed by atoms with van der Waals surface area (Å²) < 4.78 is 14.7. The van der Waals surface area contributed by atoms with E-state index in [9.17, 15) is 9.18 Å². The Morgan fingerprint density at radius 2 is 2.00 bits per heavy atom. The van der Waals surface area contributed by atoms with Crippen molar-refractivity contribution in [3.8, 4) is 11.3 Å². The maximum absolute atomic E-state index is 14.7. The Morgan fingerprint density at radius 1 is 1.16 bits per heavy atom. The van der Waals surface area contributed by atoms with E-state index in [1.165, 1.54) is 6.07 Å². The van der Waals surface area contributed by atoms with Gasteiger partial charge in [0.1, 0.15) is 17.2 Å². The van der Waals surface area contributed by atoms with Crippen molar-refractivity contribution in [3.05, 3.63) is 65.6 Å². The summed E-state index contributed by atoms with van der Waals surface area (Å²) >= 11 is 0. The summed E-state index contributed by atoms with van der Waals surface area (Å²) in [6, 6.07) is 12.9. The zero-order valence-electron chi connectivity index (χ0n) is 20.8. The number of carbonyl (C=O) groups is 1. The number of amides is 1. The van der Waals surface area contributed by atoms with Gasteiger partial charge >= 0.3 is 0 Å². The highest BCUT2D eigenvalue weighted by Crippen LogP contribution is 2.63. The average Bonchev–Trinajstić information content (AvgIpc) is 3.24. The second-order valence-corrected chi connectivity index (χ2v) is 11.0. The van der Waals surface area contributed by atoms with Crippen molar-refractivity contribution in [2.45, 2.75) is 31.1 Å². The van der Waals surface area contributed by atoms with Crippen LogP contribution in [0.2, 0.25) is 0 Å². The summed E-state index contributed by atoms with van der Waals surface area (Å²) in [7, 11) is 0.